The van der Waals surface area contributed by atoms with Gasteiger partial charge in [-0.25, -0.2) is 8.42 Å². The number of hydrogen-bond donors (Lipinski definition) is 1. The molecule has 0 aliphatic carbocycles. The lowest BCUT2D eigenvalue weighted by atomic mass is 10.1. The molecule has 1 aliphatic rings. The first-order valence-electron chi connectivity index (χ1n) is 7.16. The van der Waals surface area contributed by atoms with Gasteiger partial charge in [-0.1, -0.05) is 13.8 Å². The van der Waals surface area contributed by atoms with Crippen LogP contribution in [0.2, 0.25) is 0 Å². The molecule has 5 nitrogen and oxygen atoms in total. The van der Waals surface area contributed by atoms with Crippen LogP contribution in [0.3, 0.4) is 0 Å². The van der Waals surface area contributed by atoms with E-state index in [1.807, 2.05) is 13.8 Å². The second-order valence-corrected chi connectivity index (χ2v) is 7.42. The number of nitrogens with zero attached hydrogens (tertiary/aromatic N) is 2. The molecule has 2 atom stereocenters. The van der Waals surface area contributed by atoms with Crippen molar-refractivity contribution in [2.45, 2.75) is 44.6 Å². The van der Waals surface area contributed by atoms with Crippen molar-refractivity contribution >= 4 is 15.7 Å². The number of hydrogen-bond acceptors (Lipinski definition) is 4. The Morgan fingerprint density at radius 1 is 1.45 bits per heavy atom. The molecule has 0 saturated carbocycles. The molecule has 1 aliphatic heterocycles. The normalized spacial score (nSPS) is 23.9. The van der Waals surface area contributed by atoms with Crippen LogP contribution in [-0.4, -0.2) is 36.8 Å². The maximum Gasteiger partial charge on any atom is 0.246 e. The predicted octanol–water partition coefficient (Wildman–Crippen LogP) is 2.32. The molecular weight excluding hydrogens is 274 g/mol. The first kappa shape index (κ1) is 15.3. The summed E-state index contributed by atoms with van der Waals surface area (Å²) in [6.07, 6.45) is 4.92. The Kier molecular flexibility index (Phi) is 4.65. The third-order valence-corrected chi connectivity index (χ3v) is 5.67. The fraction of sp³-hybridized carbons (Fsp3) is 0.643. The van der Waals surface area contributed by atoms with E-state index in [0.29, 0.717) is 18.2 Å². The van der Waals surface area contributed by atoms with Crippen molar-refractivity contribution in [3.63, 3.8) is 0 Å². The van der Waals surface area contributed by atoms with Gasteiger partial charge in [0, 0.05) is 31.5 Å². The van der Waals surface area contributed by atoms with Crippen LogP contribution in [0.15, 0.2) is 23.4 Å². The summed E-state index contributed by atoms with van der Waals surface area (Å²) in [5.41, 5.74) is 0.647. The largest absolute Gasteiger partial charge is 0.384 e. The van der Waals surface area contributed by atoms with Gasteiger partial charge in [0.25, 0.3) is 0 Å². The monoisotopic (exact) mass is 297 g/mol. The summed E-state index contributed by atoms with van der Waals surface area (Å²) in [6, 6.07) is 1.78. The average Bonchev–Trinajstić information content (AvgIpc) is 2.76. The molecule has 0 bridgehead atoms. The van der Waals surface area contributed by atoms with Gasteiger partial charge < -0.3 is 5.32 Å². The fourth-order valence-electron chi connectivity index (χ4n) is 2.71. The zero-order valence-corrected chi connectivity index (χ0v) is 13.2. The molecule has 6 heteroatoms. The van der Waals surface area contributed by atoms with Crippen LogP contribution in [0.5, 0.6) is 0 Å². The highest BCUT2D eigenvalue weighted by Crippen LogP contribution is 2.31. The van der Waals surface area contributed by atoms with Crippen LogP contribution < -0.4 is 5.32 Å². The van der Waals surface area contributed by atoms with Gasteiger partial charge in [-0.3, -0.25) is 4.98 Å². The summed E-state index contributed by atoms with van der Waals surface area (Å²) in [7, 11) is -3.47. The molecule has 0 radical (unpaired) electrons. The molecule has 0 aromatic carbocycles. The van der Waals surface area contributed by atoms with E-state index in [1.165, 1.54) is 6.20 Å². The standard InChI is InChI=1S/C14H23N3O2S/c1-4-6-16-13-5-7-15-9-14(13)20(18,19)17-10-11(2)8-12(17)3/h5,7,9,11-12H,4,6,8,10H2,1-3H3,(H,15,16). The highest BCUT2D eigenvalue weighted by atomic mass is 32.2. The number of anilines is 1. The van der Waals surface area contributed by atoms with Crippen LogP contribution in [0.25, 0.3) is 0 Å². The molecular formula is C14H23N3O2S. The Labute approximate surface area is 121 Å². The number of nitrogens with one attached hydrogen (secondary N) is 1. The molecule has 2 rings (SSSR count). The Morgan fingerprint density at radius 2 is 2.20 bits per heavy atom. The summed E-state index contributed by atoms with van der Waals surface area (Å²) in [6.45, 7) is 7.44. The summed E-state index contributed by atoms with van der Waals surface area (Å²) in [5, 5.41) is 3.17. The first-order chi connectivity index (χ1) is 9.46. The fourth-order valence-corrected chi connectivity index (χ4v) is 4.59. The summed E-state index contributed by atoms with van der Waals surface area (Å²) in [4.78, 5) is 4.28. The Balaban J connectivity index is 2.34. The van der Waals surface area contributed by atoms with E-state index >= 15 is 0 Å². The zero-order chi connectivity index (χ0) is 14.8. The molecule has 1 aromatic rings. The SMILES string of the molecule is CCCNc1ccncc1S(=O)(=O)N1CC(C)CC1C. The van der Waals surface area contributed by atoms with Crippen molar-refractivity contribution < 1.29 is 8.42 Å². The molecule has 1 N–H and O–H groups in total. The Morgan fingerprint density at radius 3 is 2.80 bits per heavy atom. The van der Waals surface area contributed by atoms with Crippen molar-refractivity contribution in [1.82, 2.24) is 9.29 Å². The molecule has 112 valence electrons. The number of pyridine rings is 1. The third kappa shape index (κ3) is 2.96. The number of aromatic nitrogens is 1. The zero-order valence-electron chi connectivity index (χ0n) is 12.3. The van der Waals surface area contributed by atoms with Crippen molar-refractivity contribution in [3.8, 4) is 0 Å². The number of sulfonamides is 1. The highest BCUT2D eigenvalue weighted by molar-refractivity contribution is 7.89. The van der Waals surface area contributed by atoms with Crippen molar-refractivity contribution in [1.29, 1.82) is 0 Å². The average molecular weight is 297 g/mol. The second-order valence-electron chi connectivity index (χ2n) is 5.56. The minimum absolute atomic E-state index is 0.0502. The highest BCUT2D eigenvalue weighted by Gasteiger charge is 2.37. The molecule has 20 heavy (non-hydrogen) atoms. The smallest absolute Gasteiger partial charge is 0.246 e. The van der Waals surface area contributed by atoms with Crippen molar-refractivity contribution in [3.05, 3.63) is 18.5 Å². The second kappa shape index (κ2) is 6.10. The lowest BCUT2D eigenvalue weighted by molar-refractivity contribution is 0.405. The van der Waals surface area contributed by atoms with E-state index in [9.17, 15) is 8.42 Å². The predicted molar refractivity (Wildman–Crippen MR) is 80.2 cm³/mol. The van der Waals surface area contributed by atoms with Gasteiger partial charge in [-0.15, -0.1) is 0 Å². The van der Waals surface area contributed by atoms with Gasteiger partial charge in [0.05, 0.1) is 5.69 Å². The Bertz CT molecular complexity index is 559. The molecule has 2 unspecified atom stereocenters. The quantitative estimate of drug-likeness (QED) is 0.906. The maximum atomic E-state index is 12.8. The van der Waals surface area contributed by atoms with Crippen LogP contribution >= 0.6 is 0 Å². The third-order valence-electron chi connectivity index (χ3n) is 3.66. The minimum Gasteiger partial charge on any atom is -0.384 e. The van der Waals surface area contributed by atoms with E-state index < -0.39 is 10.0 Å². The van der Waals surface area contributed by atoms with E-state index in [1.54, 1.807) is 16.6 Å². The topological polar surface area (TPSA) is 62.3 Å². The van der Waals surface area contributed by atoms with Crippen LogP contribution in [0.4, 0.5) is 5.69 Å². The molecule has 0 amide bonds. The Hall–Kier alpha value is -1.14. The lowest BCUT2D eigenvalue weighted by Gasteiger charge is -2.22. The summed E-state index contributed by atoms with van der Waals surface area (Å²) in [5.74, 6) is 0.406. The van der Waals surface area contributed by atoms with Gasteiger partial charge in [0.2, 0.25) is 10.0 Å². The van der Waals surface area contributed by atoms with E-state index in [4.69, 9.17) is 0 Å². The van der Waals surface area contributed by atoms with Crippen LogP contribution in [0.1, 0.15) is 33.6 Å². The molecule has 1 aromatic heterocycles. The van der Waals surface area contributed by atoms with E-state index in [-0.39, 0.29) is 10.9 Å². The van der Waals surface area contributed by atoms with Crippen molar-refractivity contribution in [2.24, 2.45) is 5.92 Å². The lowest BCUT2D eigenvalue weighted by Crippen LogP contribution is -2.34. The van der Waals surface area contributed by atoms with Crippen molar-refractivity contribution in [2.75, 3.05) is 18.4 Å². The first-order valence-corrected chi connectivity index (χ1v) is 8.60. The molecule has 1 fully saturated rings. The molecule has 0 spiro atoms. The van der Waals surface area contributed by atoms with Gasteiger partial charge in [-0.2, -0.15) is 4.31 Å². The van der Waals surface area contributed by atoms with Gasteiger partial charge in [0.15, 0.2) is 0 Å². The maximum absolute atomic E-state index is 12.8. The van der Waals surface area contributed by atoms with Crippen LogP contribution in [0, 0.1) is 5.92 Å². The summed E-state index contributed by atoms with van der Waals surface area (Å²) >= 11 is 0. The van der Waals surface area contributed by atoms with Gasteiger partial charge in [0.1, 0.15) is 4.90 Å². The van der Waals surface area contributed by atoms with Gasteiger partial charge in [-0.05, 0) is 31.7 Å². The van der Waals surface area contributed by atoms with Crippen LogP contribution in [-0.2, 0) is 10.0 Å². The number of rotatable bonds is 5. The van der Waals surface area contributed by atoms with E-state index in [2.05, 4.69) is 17.2 Å². The molecule has 1 saturated heterocycles. The minimum atomic E-state index is -3.47. The molecule has 2 heterocycles. The van der Waals surface area contributed by atoms with Gasteiger partial charge >= 0.3 is 0 Å². The van der Waals surface area contributed by atoms with E-state index in [0.717, 1.165) is 19.4 Å². The summed E-state index contributed by atoms with van der Waals surface area (Å²) < 4.78 is 27.2.